The van der Waals surface area contributed by atoms with Crippen LogP contribution in [0.15, 0.2) is 48.7 Å². The molecule has 2 heteroatoms. The Hall–Kier alpha value is -2.09. The quantitative estimate of drug-likeness (QED) is 0.670. The van der Waals surface area contributed by atoms with Gasteiger partial charge in [0.2, 0.25) is 0 Å². The zero-order chi connectivity index (χ0) is 13.9. The second-order valence-electron chi connectivity index (χ2n) is 5.31. The van der Waals surface area contributed by atoms with Gasteiger partial charge in [-0.1, -0.05) is 49.2 Å². The Labute approximate surface area is 120 Å². The van der Waals surface area contributed by atoms with Gasteiger partial charge in [-0.05, 0) is 31.9 Å². The van der Waals surface area contributed by atoms with Crippen molar-refractivity contribution in [2.24, 2.45) is 0 Å². The third-order valence-corrected chi connectivity index (χ3v) is 3.72. The van der Waals surface area contributed by atoms with Crippen LogP contribution in [0.5, 0.6) is 0 Å². The van der Waals surface area contributed by atoms with E-state index in [0.717, 1.165) is 17.8 Å². The van der Waals surface area contributed by atoms with Gasteiger partial charge < -0.3 is 4.40 Å². The maximum absolute atomic E-state index is 4.83. The van der Waals surface area contributed by atoms with Crippen LogP contribution in [0.3, 0.4) is 0 Å². The predicted molar refractivity (Wildman–Crippen MR) is 84.0 cm³/mol. The van der Waals surface area contributed by atoms with E-state index in [9.17, 15) is 0 Å². The molecule has 0 bridgehead atoms. The lowest BCUT2D eigenvalue weighted by Gasteiger charge is -2.05. The smallest absolute Gasteiger partial charge is 0.137 e. The summed E-state index contributed by atoms with van der Waals surface area (Å²) in [6.45, 7) is 4.35. The maximum atomic E-state index is 4.83. The summed E-state index contributed by atoms with van der Waals surface area (Å²) in [5.74, 6) is 0. The molecule has 0 amide bonds. The minimum absolute atomic E-state index is 1.04. The number of aromatic nitrogens is 2. The van der Waals surface area contributed by atoms with Crippen molar-refractivity contribution in [2.45, 2.75) is 33.1 Å². The molecule has 0 fully saturated rings. The number of benzene rings is 1. The highest BCUT2D eigenvalue weighted by atomic mass is 15.0. The van der Waals surface area contributed by atoms with Crippen molar-refractivity contribution in [3.8, 4) is 11.3 Å². The number of fused-ring (bicyclic) bond motifs is 1. The SMILES string of the molecule is CCCCc1c(-c2ccc(C)cc2)nc2ccccn12. The highest BCUT2D eigenvalue weighted by Gasteiger charge is 2.12. The molecule has 0 unspecified atom stereocenters. The molecule has 3 rings (SSSR count). The van der Waals surface area contributed by atoms with E-state index >= 15 is 0 Å². The molecule has 0 saturated heterocycles. The van der Waals surface area contributed by atoms with Crippen molar-refractivity contribution in [1.29, 1.82) is 0 Å². The minimum atomic E-state index is 1.04. The molecule has 0 atom stereocenters. The van der Waals surface area contributed by atoms with Gasteiger partial charge in [-0.15, -0.1) is 0 Å². The lowest BCUT2D eigenvalue weighted by atomic mass is 10.1. The standard InChI is InChI=1S/C18H20N2/c1-3-4-7-16-18(15-11-9-14(2)10-12-15)19-17-8-5-6-13-20(16)17/h5-6,8-13H,3-4,7H2,1-2H3. The van der Waals surface area contributed by atoms with Gasteiger partial charge in [0.05, 0.1) is 11.4 Å². The molecule has 0 saturated carbocycles. The normalized spacial score (nSPS) is 11.1. The van der Waals surface area contributed by atoms with Crippen LogP contribution in [0.2, 0.25) is 0 Å². The number of imidazole rings is 1. The number of pyridine rings is 1. The zero-order valence-corrected chi connectivity index (χ0v) is 12.1. The summed E-state index contributed by atoms with van der Waals surface area (Å²) in [5.41, 5.74) is 5.99. The molecule has 102 valence electrons. The summed E-state index contributed by atoms with van der Waals surface area (Å²) < 4.78 is 2.23. The van der Waals surface area contributed by atoms with E-state index in [-0.39, 0.29) is 0 Å². The molecule has 0 spiro atoms. The van der Waals surface area contributed by atoms with Gasteiger partial charge in [-0.3, -0.25) is 0 Å². The van der Waals surface area contributed by atoms with Gasteiger partial charge in [-0.25, -0.2) is 4.98 Å². The third-order valence-electron chi connectivity index (χ3n) is 3.72. The number of hydrogen-bond donors (Lipinski definition) is 0. The van der Waals surface area contributed by atoms with Crippen LogP contribution >= 0.6 is 0 Å². The third kappa shape index (κ3) is 2.34. The Morgan fingerprint density at radius 2 is 1.85 bits per heavy atom. The van der Waals surface area contributed by atoms with Gasteiger partial charge in [0.15, 0.2) is 0 Å². The molecule has 1 aromatic carbocycles. The number of hydrogen-bond acceptors (Lipinski definition) is 1. The topological polar surface area (TPSA) is 17.3 Å². The fourth-order valence-electron chi connectivity index (χ4n) is 2.57. The van der Waals surface area contributed by atoms with E-state index in [2.05, 4.69) is 60.8 Å². The molecule has 0 aliphatic carbocycles. The Balaban J connectivity index is 2.15. The van der Waals surface area contributed by atoms with Gasteiger partial charge in [0.25, 0.3) is 0 Å². The summed E-state index contributed by atoms with van der Waals surface area (Å²) in [6, 6.07) is 14.9. The average molecular weight is 264 g/mol. The monoisotopic (exact) mass is 264 g/mol. The molecule has 2 nitrogen and oxygen atoms in total. The van der Waals surface area contributed by atoms with E-state index in [1.807, 2.05) is 6.07 Å². The van der Waals surface area contributed by atoms with Crippen LogP contribution in [0, 0.1) is 6.92 Å². The van der Waals surface area contributed by atoms with Gasteiger partial charge in [-0.2, -0.15) is 0 Å². The second-order valence-corrected chi connectivity index (χ2v) is 5.31. The van der Waals surface area contributed by atoms with Crippen molar-refractivity contribution in [3.63, 3.8) is 0 Å². The van der Waals surface area contributed by atoms with Gasteiger partial charge in [0, 0.05) is 11.8 Å². The molecule has 0 radical (unpaired) electrons. The first-order valence-electron chi connectivity index (χ1n) is 7.32. The van der Waals surface area contributed by atoms with Crippen molar-refractivity contribution in [2.75, 3.05) is 0 Å². The van der Waals surface area contributed by atoms with E-state index < -0.39 is 0 Å². The number of nitrogens with zero attached hydrogens (tertiary/aromatic N) is 2. The highest BCUT2D eigenvalue weighted by Crippen LogP contribution is 2.26. The summed E-state index contributed by atoms with van der Waals surface area (Å²) in [6.07, 6.45) is 5.59. The van der Waals surface area contributed by atoms with Crippen LogP contribution in [-0.2, 0) is 6.42 Å². The second kappa shape index (κ2) is 5.49. The lowest BCUT2D eigenvalue weighted by molar-refractivity contribution is 0.772. The number of rotatable bonds is 4. The molecule has 2 heterocycles. The number of unbranched alkanes of at least 4 members (excludes halogenated alkanes) is 1. The molecule has 2 aromatic heterocycles. The zero-order valence-electron chi connectivity index (χ0n) is 12.1. The summed E-state index contributed by atoms with van der Waals surface area (Å²) in [4.78, 5) is 4.83. The van der Waals surface area contributed by atoms with Crippen LogP contribution in [0.1, 0.15) is 31.0 Å². The Morgan fingerprint density at radius 1 is 1.05 bits per heavy atom. The van der Waals surface area contributed by atoms with Crippen LogP contribution < -0.4 is 0 Å². The first-order chi connectivity index (χ1) is 9.79. The van der Waals surface area contributed by atoms with Gasteiger partial charge in [0.1, 0.15) is 5.65 Å². The predicted octanol–water partition coefficient (Wildman–Crippen LogP) is 4.65. The summed E-state index contributed by atoms with van der Waals surface area (Å²) in [5, 5.41) is 0. The van der Waals surface area contributed by atoms with E-state index in [1.54, 1.807) is 0 Å². The molecule has 3 aromatic rings. The first kappa shape index (κ1) is 12.9. The Bertz CT molecular complexity index is 708. The fourth-order valence-corrected chi connectivity index (χ4v) is 2.57. The molecule has 0 N–H and O–H groups in total. The van der Waals surface area contributed by atoms with Crippen molar-refractivity contribution in [3.05, 3.63) is 59.9 Å². The first-order valence-corrected chi connectivity index (χ1v) is 7.32. The molecule has 0 aliphatic heterocycles. The van der Waals surface area contributed by atoms with Crippen molar-refractivity contribution in [1.82, 2.24) is 9.38 Å². The van der Waals surface area contributed by atoms with Crippen LogP contribution in [-0.4, -0.2) is 9.38 Å². The lowest BCUT2D eigenvalue weighted by Crippen LogP contribution is -1.94. The van der Waals surface area contributed by atoms with Crippen molar-refractivity contribution >= 4 is 5.65 Å². The molecule has 20 heavy (non-hydrogen) atoms. The van der Waals surface area contributed by atoms with Crippen molar-refractivity contribution < 1.29 is 0 Å². The molecule has 0 aliphatic rings. The maximum Gasteiger partial charge on any atom is 0.137 e. The Kier molecular flexibility index (Phi) is 3.55. The van der Waals surface area contributed by atoms with E-state index in [0.29, 0.717) is 0 Å². The van der Waals surface area contributed by atoms with Crippen LogP contribution in [0.4, 0.5) is 0 Å². The highest BCUT2D eigenvalue weighted by molar-refractivity contribution is 5.66. The van der Waals surface area contributed by atoms with Crippen LogP contribution in [0.25, 0.3) is 16.9 Å². The van der Waals surface area contributed by atoms with Gasteiger partial charge >= 0.3 is 0 Å². The number of aryl methyl sites for hydroxylation is 2. The summed E-state index contributed by atoms with van der Waals surface area (Å²) >= 11 is 0. The summed E-state index contributed by atoms with van der Waals surface area (Å²) in [7, 11) is 0. The molecular weight excluding hydrogens is 244 g/mol. The fraction of sp³-hybridized carbons (Fsp3) is 0.278. The van der Waals surface area contributed by atoms with E-state index in [1.165, 1.54) is 29.7 Å². The Morgan fingerprint density at radius 3 is 2.60 bits per heavy atom. The largest absolute Gasteiger partial charge is 0.303 e. The van der Waals surface area contributed by atoms with E-state index in [4.69, 9.17) is 4.98 Å². The molecular formula is C18H20N2. The average Bonchev–Trinajstić information content (AvgIpc) is 2.84. The minimum Gasteiger partial charge on any atom is -0.303 e.